The first-order valence-corrected chi connectivity index (χ1v) is 6.61. The van der Waals surface area contributed by atoms with E-state index in [1.807, 2.05) is 6.07 Å². The summed E-state index contributed by atoms with van der Waals surface area (Å²) < 4.78 is 0. The van der Waals surface area contributed by atoms with Crippen LogP contribution in [0.25, 0.3) is 0 Å². The van der Waals surface area contributed by atoms with Crippen molar-refractivity contribution in [2.75, 3.05) is 31.1 Å². The Hall–Kier alpha value is -1.20. The highest BCUT2D eigenvalue weighted by molar-refractivity contribution is 5.37. The van der Waals surface area contributed by atoms with Gasteiger partial charge >= 0.3 is 0 Å². The number of nitrogens with zero attached hydrogens (tertiary/aromatic N) is 3. The molecular formula is C13H22N4O. The van der Waals surface area contributed by atoms with Crippen molar-refractivity contribution in [2.24, 2.45) is 11.1 Å². The van der Waals surface area contributed by atoms with E-state index in [1.54, 1.807) is 12.5 Å². The molecule has 0 bridgehead atoms. The highest BCUT2D eigenvalue weighted by atomic mass is 16.3. The number of aromatic nitrogens is 2. The van der Waals surface area contributed by atoms with Crippen molar-refractivity contribution in [3.05, 3.63) is 18.6 Å². The fourth-order valence-electron chi connectivity index (χ4n) is 2.76. The minimum absolute atomic E-state index is 0.0113. The maximum atomic E-state index is 9.73. The fourth-order valence-corrected chi connectivity index (χ4v) is 2.76. The van der Waals surface area contributed by atoms with Gasteiger partial charge in [-0.25, -0.2) is 9.97 Å². The molecule has 1 aliphatic heterocycles. The Balaban J connectivity index is 2.07. The summed E-state index contributed by atoms with van der Waals surface area (Å²) in [5.74, 6) is 0.954. The molecule has 3 N–H and O–H groups in total. The smallest absolute Gasteiger partial charge is 0.131 e. The van der Waals surface area contributed by atoms with Gasteiger partial charge in [0.15, 0.2) is 0 Å². The van der Waals surface area contributed by atoms with Crippen molar-refractivity contribution in [3.8, 4) is 0 Å². The Kier molecular flexibility index (Phi) is 4.49. The summed E-state index contributed by atoms with van der Waals surface area (Å²) in [7, 11) is 0. The van der Waals surface area contributed by atoms with Gasteiger partial charge in [-0.3, -0.25) is 0 Å². The van der Waals surface area contributed by atoms with Gasteiger partial charge in [-0.2, -0.15) is 0 Å². The molecule has 0 aromatic carbocycles. The van der Waals surface area contributed by atoms with Gasteiger partial charge in [0.05, 0.1) is 6.61 Å². The Morgan fingerprint density at radius 1 is 1.50 bits per heavy atom. The largest absolute Gasteiger partial charge is 0.396 e. The maximum Gasteiger partial charge on any atom is 0.131 e. The summed E-state index contributed by atoms with van der Waals surface area (Å²) in [6.45, 7) is 2.78. The van der Waals surface area contributed by atoms with Crippen molar-refractivity contribution in [1.29, 1.82) is 0 Å². The predicted molar refractivity (Wildman–Crippen MR) is 71.3 cm³/mol. The van der Waals surface area contributed by atoms with E-state index in [1.165, 1.54) is 0 Å². The van der Waals surface area contributed by atoms with Gasteiger partial charge in [0, 0.05) is 24.7 Å². The predicted octanol–water partition coefficient (Wildman–Crippen LogP) is 0.794. The summed E-state index contributed by atoms with van der Waals surface area (Å²) in [6, 6.07) is 1.93. The topological polar surface area (TPSA) is 75.3 Å². The number of aliphatic hydroxyl groups is 1. The van der Waals surface area contributed by atoms with Crippen molar-refractivity contribution >= 4 is 5.82 Å². The van der Waals surface area contributed by atoms with Crippen LogP contribution in [0.4, 0.5) is 5.82 Å². The molecule has 1 unspecified atom stereocenters. The second-order valence-electron chi connectivity index (χ2n) is 5.14. The Morgan fingerprint density at radius 3 is 3.06 bits per heavy atom. The van der Waals surface area contributed by atoms with Gasteiger partial charge in [-0.15, -0.1) is 0 Å². The van der Waals surface area contributed by atoms with E-state index in [9.17, 15) is 5.11 Å². The number of anilines is 1. The molecule has 0 amide bonds. The van der Waals surface area contributed by atoms with Crippen molar-refractivity contribution < 1.29 is 5.11 Å². The molecule has 1 aliphatic rings. The van der Waals surface area contributed by atoms with Gasteiger partial charge in [0.1, 0.15) is 12.1 Å². The first-order chi connectivity index (χ1) is 8.79. The molecule has 5 nitrogen and oxygen atoms in total. The molecular weight excluding hydrogens is 228 g/mol. The SMILES string of the molecule is NCCCC1(CO)CCCN(c2ccncn2)C1. The lowest BCUT2D eigenvalue weighted by atomic mass is 9.77. The second kappa shape index (κ2) is 6.11. The summed E-state index contributed by atoms with van der Waals surface area (Å²) in [4.78, 5) is 10.5. The summed E-state index contributed by atoms with van der Waals surface area (Å²) in [5.41, 5.74) is 5.58. The lowest BCUT2D eigenvalue weighted by Gasteiger charge is -2.42. The third-order valence-corrected chi connectivity index (χ3v) is 3.80. The molecule has 1 fully saturated rings. The number of rotatable bonds is 5. The molecule has 0 spiro atoms. The van der Waals surface area contributed by atoms with Crippen molar-refractivity contribution in [1.82, 2.24) is 9.97 Å². The van der Waals surface area contributed by atoms with Crippen LogP contribution in [-0.2, 0) is 0 Å². The van der Waals surface area contributed by atoms with E-state index in [0.717, 1.165) is 44.6 Å². The van der Waals surface area contributed by atoms with E-state index in [4.69, 9.17) is 5.73 Å². The molecule has 1 saturated heterocycles. The zero-order valence-electron chi connectivity index (χ0n) is 10.8. The Morgan fingerprint density at radius 2 is 2.39 bits per heavy atom. The van der Waals surface area contributed by atoms with E-state index in [0.29, 0.717) is 6.54 Å². The zero-order chi connectivity index (χ0) is 12.8. The van der Waals surface area contributed by atoms with Gasteiger partial charge < -0.3 is 15.7 Å². The Bertz CT molecular complexity index is 359. The van der Waals surface area contributed by atoms with Gasteiger partial charge in [0.2, 0.25) is 0 Å². The minimum atomic E-state index is -0.0113. The quantitative estimate of drug-likeness (QED) is 0.808. The molecule has 0 aliphatic carbocycles. The van der Waals surface area contributed by atoms with Crippen molar-refractivity contribution in [2.45, 2.75) is 25.7 Å². The maximum absolute atomic E-state index is 9.73. The first-order valence-electron chi connectivity index (χ1n) is 6.61. The molecule has 0 saturated carbocycles. The molecule has 2 rings (SSSR count). The molecule has 5 heteroatoms. The highest BCUT2D eigenvalue weighted by Gasteiger charge is 2.34. The normalized spacial score (nSPS) is 24.2. The van der Waals surface area contributed by atoms with Crippen LogP contribution in [0.3, 0.4) is 0 Å². The summed E-state index contributed by atoms with van der Waals surface area (Å²) >= 11 is 0. The summed E-state index contributed by atoms with van der Waals surface area (Å²) in [6.07, 6.45) is 7.46. The van der Waals surface area contributed by atoms with E-state index in [2.05, 4.69) is 14.9 Å². The molecule has 0 radical (unpaired) electrons. The average Bonchev–Trinajstić information content (AvgIpc) is 2.46. The first kappa shape index (κ1) is 13.2. The second-order valence-corrected chi connectivity index (χ2v) is 5.14. The van der Waals surface area contributed by atoms with Gasteiger partial charge in [0.25, 0.3) is 0 Å². The van der Waals surface area contributed by atoms with Crippen molar-refractivity contribution in [3.63, 3.8) is 0 Å². The molecule has 100 valence electrons. The van der Waals surface area contributed by atoms with Crippen LogP contribution in [0.1, 0.15) is 25.7 Å². The van der Waals surface area contributed by atoms with E-state index in [-0.39, 0.29) is 12.0 Å². The van der Waals surface area contributed by atoms with E-state index < -0.39 is 0 Å². The molecule has 18 heavy (non-hydrogen) atoms. The van der Waals surface area contributed by atoms with Gasteiger partial charge in [-0.1, -0.05) is 0 Å². The minimum Gasteiger partial charge on any atom is -0.396 e. The number of piperidine rings is 1. The van der Waals surface area contributed by atoms with Crippen LogP contribution >= 0.6 is 0 Å². The van der Waals surface area contributed by atoms with Crippen LogP contribution in [0, 0.1) is 5.41 Å². The van der Waals surface area contributed by atoms with Crippen LogP contribution in [0.15, 0.2) is 18.6 Å². The summed E-state index contributed by atoms with van der Waals surface area (Å²) in [5, 5.41) is 9.73. The molecule has 2 heterocycles. The average molecular weight is 250 g/mol. The monoisotopic (exact) mass is 250 g/mol. The van der Waals surface area contributed by atoms with E-state index >= 15 is 0 Å². The molecule has 1 aromatic heterocycles. The van der Waals surface area contributed by atoms with Crippen LogP contribution in [0.5, 0.6) is 0 Å². The number of nitrogens with two attached hydrogens (primary N) is 1. The Labute approximate surface area is 108 Å². The molecule has 1 atom stereocenters. The standard InChI is InChI=1S/C13H22N4O/c14-6-1-4-13(10-18)5-2-8-17(9-13)12-3-7-15-11-16-12/h3,7,11,18H,1-2,4-6,8-10,14H2. The van der Waals surface area contributed by atoms with Crippen LogP contribution in [-0.4, -0.2) is 41.3 Å². The fraction of sp³-hybridized carbons (Fsp3) is 0.692. The number of aliphatic hydroxyl groups excluding tert-OH is 1. The third-order valence-electron chi connectivity index (χ3n) is 3.80. The van der Waals surface area contributed by atoms with Gasteiger partial charge in [-0.05, 0) is 38.3 Å². The number of hydrogen-bond donors (Lipinski definition) is 2. The third kappa shape index (κ3) is 2.97. The van der Waals surface area contributed by atoms with Crippen LogP contribution < -0.4 is 10.6 Å². The van der Waals surface area contributed by atoms with Crippen LogP contribution in [0.2, 0.25) is 0 Å². The lowest BCUT2D eigenvalue weighted by molar-refractivity contribution is 0.0944. The number of hydrogen-bond acceptors (Lipinski definition) is 5. The zero-order valence-corrected chi connectivity index (χ0v) is 10.8. The lowest BCUT2D eigenvalue weighted by Crippen LogP contribution is -2.46. The molecule has 1 aromatic rings. The highest BCUT2D eigenvalue weighted by Crippen LogP contribution is 2.35.